The predicted octanol–water partition coefficient (Wildman–Crippen LogP) is 4.59. The lowest BCUT2D eigenvalue weighted by molar-refractivity contribution is 0.102. The molecule has 0 saturated heterocycles. The molecule has 0 atom stereocenters. The van der Waals surface area contributed by atoms with Crippen molar-refractivity contribution in [2.45, 2.75) is 20.0 Å². The van der Waals surface area contributed by atoms with Crippen molar-refractivity contribution in [1.82, 2.24) is 0 Å². The van der Waals surface area contributed by atoms with Crippen LogP contribution in [0.25, 0.3) is 0 Å². The maximum absolute atomic E-state index is 11.9. The second-order valence-corrected chi connectivity index (χ2v) is 5.88. The summed E-state index contributed by atoms with van der Waals surface area (Å²) in [6.45, 7) is 2.66. The number of ketones is 1. The highest BCUT2D eigenvalue weighted by atomic mass is 32.2. The van der Waals surface area contributed by atoms with Crippen molar-refractivity contribution >= 4 is 17.5 Å². The molecule has 0 heterocycles. The summed E-state index contributed by atoms with van der Waals surface area (Å²) < 4.78 is 5.71. The van der Waals surface area contributed by atoms with E-state index >= 15 is 0 Å². The van der Waals surface area contributed by atoms with Gasteiger partial charge in [0.1, 0.15) is 12.4 Å². The van der Waals surface area contributed by atoms with Crippen LogP contribution in [0.1, 0.15) is 29.3 Å². The molecule has 0 unspecified atom stereocenters. The van der Waals surface area contributed by atoms with Crippen LogP contribution in [0.2, 0.25) is 0 Å². The van der Waals surface area contributed by atoms with E-state index in [0.717, 1.165) is 29.1 Å². The van der Waals surface area contributed by atoms with Crippen LogP contribution < -0.4 is 4.74 Å². The number of hydrogen-bond acceptors (Lipinski definition) is 3. The summed E-state index contributed by atoms with van der Waals surface area (Å²) in [6, 6.07) is 17.4. The Labute approximate surface area is 130 Å². The van der Waals surface area contributed by atoms with Crippen LogP contribution in [-0.2, 0) is 6.61 Å². The molecular formula is C18H20O2S. The third kappa shape index (κ3) is 5.27. The lowest BCUT2D eigenvalue weighted by Crippen LogP contribution is -2.03. The van der Waals surface area contributed by atoms with E-state index in [9.17, 15) is 4.79 Å². The van der Waals surface area contributed by atoms with Crippen LogP contribution in [0.3, 0.4) is 0 Å². The molecule has 0 N–H and O–H groups in total. The summed E-state index contributed by atoms with van der Waals surface area (Å²) in [5.41, 5.74) is 1.89. The van der Waals surface area contributed by atoms with E-state index in [0.29, 0.717) is 12.4 Å². The molecular weight excluding hydrogens is 280 g/mol. The first-order chi connectivity index (χ1) is 10.3. The first kappa shape index (κ1) is 15.6. The minimum atomic E-state index is 0.183. The molecule has 2 aromatic rings. The summed E-state index contributed by atoms with van der Waals surface area (Å²) in [6.07, 6.45) is 1.10. The van der Waals surface area contributed by atoms with Crippen molar-refractivity contribution in [2.75, 3.05) is 11.5 Å². The number of rotatable bonds is 8. The van der Waals surface area contributed by atoms with Gasteiger partial charge in [0.25, 0.3) is 0 Å². The molecule has 0 radical (unpaired) electrons. The fraction of sp³-hybridized carbons (Fsp3) is 0.278. The zero-order chi connectivity index (χ0) is 14.9. The molecule has 2 rings (SSSR count). The molecule has 0 aromatic heterocycles. The standard InChI is InChI=1S/C18H20O2S/c1-2-12-21-14-18(19)16-8-10-17(11-9-16)20-13-15-6-4-3-5-7-15/h3-11H,2,12-14H2,1H3. The molecule has 0 aliphatic carbocycles. The number of carbonyl (C=O) groups excluding carboxylic acids is 1. The molecule has 0 aliphatic rings. The van der Waals surface area contributed by atoms with Gasteiger partial charge in [-0.15, -0.1) is 0 Å². The largest absolute Gasteiger partial charge is 0.489 e. The Bertz CT molecular complexity index is 549. The summed E-state index contributed by atoms with van der Waals surface area (Å²) in [4.78, 5) is 11.9. The topological polar surface area (TPSA) is 26.3 Å². The highest BCUT2D eigenvalue weighted by molar-refractivity contribution is 7.99. The number of benzene rings is 2. The molecule has 0 saturated carbocycles. The van der Waals surface area contributed by atoms with E-state index < -0.39 is 0 Å². The van der Waals surface area contributed by atoms with Crippen molar-refractivity contribution in [2.24, 2.45) is 0 Å². The van der Waals surface area contributed by atoms with Crippen LogP contribution in [0.5, 0.6) is 5.75 Å². The lowest BCUT2D eigenvalue weighted by atomic mass is 10.1. The Balaban J connectivity index is 1.85. The van der Waals surface area contributed by atoms with Gasteiger partial charge in [0, 0.05) is 5.56 Å². The van der Waals surface area contributed by atoms with Crippen LogP contribution in [-0.4, -0.2) is 17.3 Å². The summed E-state index contributed by atoms with van der Waals surface area (Å²) >= 11 is 1.69. The maximum Gasteiger partial charge on any atom is 0.172 e. The van der Waals surface area contributed by atoms with Crippen molar-refractivity contribution in [3.05, 3.63) is 65.7 Å². The van der Waals surface area contributed by atoms with Crippen molar-refractivity contribution < 1.29 is 9.53 Å². The molecule has 2 aromatic carbocycles. The molecule has 21 heavy (non-hydrogen) atoms. The number of ether oxygens (including phenoxy) is 1. The monoisotopic (exact) mass is 300 g/mol. The van der Waals surface area contributed by atoms with E-state index in [-0.39, 0.29) is 5.78 Å². The van der Waals surface area contributed by atoms with Gasteiger partial charge in [-0.25, -0.2) is 0 Å². The zero-order valence-corrected chi connectivity index (χ0v) is 13.1. The summed E-state index contributed by atoms with van der Waals surface area (Å²) in [5.74, 6) is 2.56. The average molecular weight is 300 g/mol. The van der Waals surface area contributed by atoms with Crippen molar-refractivity contribution in [3.63, 3.8) is 0 Å². The van der Waals surface area contributed by atoms with E-state index in [1.165, 1.54) is 0 Å². The molecule has 0 bridgehead atoms. The first-order valence-corrected chi connectivity index (χ1v) is 8.33. The molecule has 110 valence electrons. The quantitative estimate of drug-likeness (QED) is 0.527. The fourth-order valence-corrected chi connectivity index (χ4v) is 2.66. The van der Waals surface area contributed by atoms with Gasteiger partial charge in [-0.2, -0.15) is 11.8 Å². The van der Waals surface area contributed by atoms with Crippen LogP contribution in [0, 0.1) is 0 Å². The van der Waals surface area contributed by atoms with Crippen LogP contribution in [0.15, 0.2) is 54.6 Å². The number of Topliss-reactive ketones (excluding diaryl/α,β-unsaturated/α-hetero) is 1. The zero-order valence-electron chi connectivity index (χ0n) is 12.2. The van der Waals surface area contributed by atoms with Gasteiger partial charge >= 0.3 is 0 Å². The van der Waals surface area contributed by atoms with Crippen molar-refractivity contribution in [3.8, 4) is 5.75 Å². The normalized spacial score (nSPS) is 10.3. The smallest absolute Gasteiger partial charge is 0.172 e. The van der Waals surface area contributed by atoms with E-state index in [1.807, 2.05) is 54.6 Å². The highest BCUT2D eigenvalue weighted by Crippen LogP contribution is 2.16. The van der Waals surface area contributed by atoms with Crippen LogP contribution in [0.4, 0.5) is 0 Å². The third-order valence-corrected chi connectivity index (χ3v) is 4.17. The second kappa shape index (κ2) is 8.53. The molecule has 0 spiro atoms. The Morgan fingerprint density at radius 1 is 1.05 bits per heavy atom. The predicted molar refractivity (Wildman–Crippen MR) is 89.2 cm³/mol. The molecule has 3 heteroatoms. The van der Waals surface area contributed by atoms with Gasteiger partial charge in [-0.3, -0.25) is 4.79 Å². The third-order valence-electron chi connectivity index (χ3n) is 3.01. The lowest BCUT2D eigenvalue weighted by Gasteiger charge is -2.07. The van der Waals surface area contributed by atoms with Gasteiger partial charge < -0.3 is 4.74 Å². The van der Waals surface area contributed by atoms with Crippen molar-refractivity contribution in [1.29, 1.82) is 0 Å². The van der Waals surface area contributed by atoms with E-state index in [2.05, 4.69) is 6.92 Å². The Morgan fingerprint density at radius 3 is 2.43 bits per heavy atom. The minimum absolute atomic E-state index is 0.183. The number of hydrogen-bond donors (Lipinski definition) is 0. The average Bonchev–Trinajstić information content (AvgIpc) is 2.54. The van der Waals surface area contributed by atoms with Crippen LogP contribution >= 0.6 is 11.8 Å². The fourth-order valence-electron chi connectivity index (χ4n) is 1.87. The van der Waals surface area contributed by atoms with Gasteiger partial charge in [0.15, 0.2) is 5.78 Å². The molecule has 2 nitrogen and oxygen atoms in total. The van der Waals surface area contributed by atoms with E-state index in [1.54, 1.807) is 11.8 Å². The Morgan fingerprint density at radius 2 is 1.76 bits per heavy atom. The summed E-state index contributed by atoms with van der Waals surface area (Å²) in [7, 11) is 0. The summed E-state index contributed by atoms with van der Waals surface area (Å²) in [5, 5.41) is 0. The van der Waals surface area contributed by atoms with Gasteiger partial charge in [-0.1, -0.05) is 37.3 Å². The van der Waals surface area contributed by atoms with Gasteiger partial charge in [0.2, 0.25) is 0 Å². The number of thioether (sulfide) groups is 1. The minimum Gasteiger partial charge on any atom is -0.489 e. The first-order valence-electron chi connectivity index (χ1n) is 7.17. The molecule has 0 aliphatic heterocycles. The van der Waals surface area contributed by atoms with Gasteiger partial charge in [0.05, 0.1) is 5.75 Å². The second-order valence-electron chi connectivity index (χ2n) is 4.77. The van der Waals surface area contributed by atoms with E-state index in [4.69, 9.17) is 4.74 Å². The Hall–Kier alpha value is -1.74. The maximum atomic E-state index is 11.9. The van der Waals surface area contributed by atoms with Gasteiger partial charge in [-0.05, 0) is 42.0 Å². The highest BCUT2D eigenvalue weighted by Gasteiger charge is 2.05. The number of carbonyl (C=O) groups is 1. The molecule has 0 fully saturated rings. The Kier molecular flexibility index (Phi) is 6.35. The SMILES string of the molecule is CCCSCC(=O)c1ccc(OCc2ccccc2)cc1. The molecule has 0 amide bonds.